The molecular weight excluding hydrogens is 363 g/mol. The lowest BCUT2D eigenvalue weighted by atomic mass is 10.1. The molecule has 27 heavy (non-hydrogen) atoms. The molecule has 0 aromatic heterocycles. The van der Waals surface area contributed by atoms with Crippen molar-refractivity contribution in [3.63, 3.8) is 0 Å². The van der Waals surface area contributed by atoms with E-state index in [2.05, 4.69) is 4.74 Å². The van der Waals surface area contributed by atoms with Crippen molar-refractivity contribution in [3.8, 4) is 5.75 Å². The molecule has 5 nitrogen and oxygen atoms in total. The Balaban J connectivity index is 1.71. The van der Waals surface area contributed by atoms with E-state index in [1.165, 1.54) is 24.3 Å². The van der Waals surface area contributed by atoms with Crippen molar-refractivity contribution in [1.82, 2.24) is 4.90 Å². The Bertz CT molecular complexity index is 848. The Labute approximate surface area is 152 Å². The van der Waals surface area contributed by atoms with Gasteiger partial charge in [0.1, 0.15) is 18.4 Å². The van der Waals surface area contributed by atoms with E-state index in [1.54, 1.807) is 24.3 Å². The van der Waals surface area contributed by atoms with E-state index in [1.807, 2.05) is 6.07 Å². The summed E-state index contributed by atoms with van der Waals surface area (Å²) in [6.07, 6.45) is -2.95. The monoisotopic (exact) mass is 377 g/mol. The molecule has 1 fully saturated rings. The second kappa shape index (κ2) is 7.53. The third-order valence-corrected chi connectivity index (χ3v) is 3.83. The molecule has 0 spiro atoms. The Morgan fingerprint density at radius 2 is 1.78 bits per heavy atom. The summed E-state index contributed by atoms with van der Waals surface area (Å²) in [5.74, 6) is -0.944. The van der Waals surface area contributed by atoms with Crippen molar-refractivity contribution in [3.05, 3.63) is 71.8 Å². The number of carbonyl (C=O) groups excluding carboxylic acids is 2. The van der Waals surface area contributed by atoms with Gasteiger partial charge >= 0.3 is 12.5 Å². The molecule has 2 aromatic rings. The van der Waals surface area contributed by atoms with Crippen molar-refractivity contribution in [1.29, 1.82) is 0 Å². The predicted molar refractivity (Wildman–Crippen MR) is 89.5 cm³/mol. The highest BCUT2D eigenvalue weighted by Crippen LogP contribution is 2.28. The van der Waals surface area contributed by atoms with Gasteiger partial charge in [0.15, 0.2) is 0 Å². The minimum absolute atomic E-state index is 0.0614. The van der Waals surface area contributed by atoms with Crippen LogP contribution in [0.15, 0.2) is 60.7 Å². The zero-order valence-corrected chi connectivity index (χ0v) is 13.8. The highest BCUT2D eigenvalue weighted by Gasteiger charge is 2.37. The van der Waals surface area contributed by atoms with Crippen LogP contribution in [0.25, 0.3) is 6.08 Å². The van der Waals surface area contributed by atoms with Crippen LogP contribution in [0.2, 0.25) is 0 Å². The fraction of sp³-hybridized carbons (Fsp3) is 0.158. The van der Waals surface area contributed by atoms with E-state index < -0.39 is 24.4 Å². The highest BCUT2D eigenvalue weighted by atomic mass is 19.4. The van der Waals surface area contributed by atoms with Crippen LogP contribution in [0.1, 0.15) is 17.2 Å². The van der Waals surface area contributed by atoms with Crippen LogP contribution >= 0.6 is 0 Å². The Morgan fingerprint density at radius 3 is 2.41 bits per heavy atom. The van der Waals surface area contributed by atoms with E-state index in [0.717, 1.165) is 22.6 Å². The summed E-state index contributed by atoms with van der Waals surface area (Å²) in [6, 6.07) is 13.4. The Morgan fingerprint density at radius 1 is 1.11 bits per heavy atom. The Hall–Kier alpha value is -3.29. The average molecular weight is 377 g/mol. The minimum Gasteiger partial charge on any atom is -0.446 e. The van der Waals surface area contributed by atoms with Gasteiger partial charge in [-0.15, -0.1) is 13.2 Å². The van der Waals surface area contributed by atoms with E-state index in [4.69, 9.17) is 4.74 Å². The highest BCUT2D eigenvalue weighted by molar-refractivity contribution is 6.02. The molecule has 1 aliphatic rings. The smallest absolute Gasteiger partial charge is 0.446 e. The molecule has 1 unspecified atom stereocenters. The fourth-order valence-corrected chi connectivity index (χ4v) is 2.61. The van der Waals surface area contributed by atoms with Gasteiger partial charge in [-0.1, -0.05) is 42.5 Å². The van der Waals surface area contributed by atoms with Crippen molar-refractivity contribution in [2.75, 3.05) is 6.61 Å². The van der Waals surface area contributed by atoms with Gasteiger partial charge in [-0.2, -0.15) is 0 Å². The number of cyclic esters (lactones) is 1. The summed E-state index contributed by atoms with van der Waals surface area (Å²) < 4.78 is 45.2. The van der Waals surface area contributed by atoms with Gasteiger partial charge in [0.25, 0.3) is 5.91 Å². The van der Waals surface area contributed by atoms with E-state index in [-0.39, 0.29) is 12.4 Å². The van der Waals surface area contributed by atoms with Crippen molar-refractivity contribution in [2.45, 2.75) is 12.4 Å². The predicted octanol–water partition coefficient (Wildman–Crippen LogP) is 4.32. The topological polar surface area (TPSA) is 55.8 Å². The molecule has 8 heteroatoms. The molecule has 0 radical (unpaired) electrons. The van der Waals surface area contributed by atoms with Crippen LogP contribution in [-0.2, 0) is 9.53 Å². The van der Waals surface area contributed by atoms with Gasteiger partial charge in [-0.3, -0.25) is 4.79 Å². The third kappa shape index (κ3) is 4.66. The van der Waals surface area contributed by atoms with Gasteiger partial charge in [0.2, 0.25) is 0 Å². The fourth-order valence-electron chi connectivity index (χ4n) is 2.61. The molecule has 1 saturated heterocycles. The first-order chi connectivity index (χ1) is 12.8. The molecule has 0 N–H and O–H groups in total. The number of rotatable bonds is 4. The molecule has 0 aliphatic carbocycles. The molecule has 140 valence electrons. The van der Waals surface area contributed by atoms with Crippen LogP contribution in [0.3, 0.4) is 0 Å². The molecule has 2 aromatic carbocycles. The van der Waals surface area contributed by atoms with Crippen molar-refractivity contribution in [2.24, 2.45) is 0 Å². The molecule has 3 rings (SSSR count). The molecular formula is C19H14F3NO4. The number of benzene rings is 2. The summed E-state index contributed by atoms with van der Waals surface area (Å²) in [7, 11) is 0. The second-order valence-electron chi connectivity index (χ2n) is 5.66. The first kappa shape index (κ1) is 18.5. The number of alkyl halides is 3. The van der Waals surface area contributed by atoms with Crippen molar-refractivity contribution < 1.29 is 32.2 Å². The number of hydrogen-bond acceptors (Lipinski definition) is 4. The molecule has 1 heterocycles. The van der Waals surface area contributed by atoms with E-state index >= 15 is 0 Å². The third-order valence-electron chi connectivity index (χ3n) is 3.83. The number of halogens is 3. The van der Waals surface area contributed by atoms with Crippen LogP contribution in [0, 0.1) is 0 Å². The number of ether oxygens (including phenoxy) is 2. The van der Waals surface area contributed by atoms with Gasteiger partial charge in [0.05, 0.1) is 0 Å². The lowest BCUT2D eigenvalue weighted by molar-refractivity contribution is -0.274. The maximum atomic E-state index is 12.4. The second-order valence-corrected chi connectivity index (χ2v) is 5.66. The molecule has 1 atom stereocenters. The van der Waals surface area contributed by atoms with Gasteiger partial charge in [-0.25, -0.2) is 9.69 Å². The maximum absolute atomic E-state index is 12.4. The summed E-state index contributed by atoms with van der Waals surface area (Å²) in [6.45, 7) is 0.0614. The summed E-state index contributed by atoms with van der Waals surface area (Å²) in [4.78, 5) is 25.4. The molecule has 0 bridgehead atoms. The van der Waals surface area contributed by atoms with Crippen LogP contribution < -0.4 is 4.74 Å². The van der Waals surface area contributed by atoms with E-state index in [0.29, 0.717) is 5.56 Å². The quantitative estimate of drug-likeness (QED) is 0.745. The Kier molecular flexibility index (Phi) is 5.16. The van der Waals surface area contributed by atoms with E-state index in [9.17, 15) is 22.8 Å². The SMILES string of the molecule is O=C(/C=C/c1ccc(OC(F)(F)F)cc1)N1C(=O)OCC1c1ccccc1. The lowest BCUT2D eigenvalue weighted by Crippen LogP contribution is -2.32. The van der Waals surface area contributed by atoms with Gasteiger partial charge < -0.3 is 9.47 Å². The summed E-state index contributed by atoms with van der Waals surface area (Å²) >= 11 is 0. The molecule has 1 aliphatic heterocycles. The number of imide groups is 1. The van der Waals surface area contributed by atoms with Gasteiger partial charge in [0, 0.05) is 6.08 Å². The first-order valence-electron chi connectivity index (χ1n) is 7.92. The lowest BCUT2D eigenvalue weighted by Gasteiger charge is -2.18. The van der Waals surface area contributed by atoms with Crippen LogP contribution in [0.4, 0.5) is 18.0 Å². The first-order valence-corrected chi connectivity index (χ1v) is 7.92. The van der Waals surface area contributed by atoms with Crippen molar-refractivity contribution >= 4 is 18.1 Å². The van der Waals surface area contributed by atoms with Crippen LogP contribution in [-0.4, -0.2) is 29.9 Å². The largest absolute Gasteiger partial charge is 0.573 e. The average Bonchev–Trinajstić information content (AvgIpc) is 3.02. The van der Waals surface area contributed by atoms with Crippen LogP contribution in [0.5, 0.6) is 5.75 Å². The molecule has 0 saturated carbocycles. The van der Waals surface area contributed by atoms with Gasteiger partial charge in [-0.05, 0) is 29.3 Å². The standard InChI is InChI=1S/C19H14F3NO4/c20-19(21,22)27-15-9-6-13(7-10-15)8-11-17(24)23-16(12-26-18(23)25)14-4-2-1-3-5-14/h1-11,16H,12H2/b11-8+. The minimum atomic E-state index is -4.77. The summed E-state index contributed by atoms with van der Waals surface area (Å²) in [5, 5.41) is 0. The number of carbonyl (C=O) groups is 2. The number of amides is 2. The molecule has 2 amide bonds. The summed E-state index contributed by atoms with van der Waals surface area (Å²) in [5.41, 5.74) is 1.24. The zero-order chi connectivity index (χ0) is 19.4. The normalized spacial score (nSPS) is 17.2. The number of nitrogens with zero attached hydrogens (tertiary/aromatic N) is 1. The number of hydrogen-bond donors (Lipinski definition) is 0. The zero-order valence-electron chi connectivity index (χ0n) is 13.8. The maximum Gasteiger partial charge on any atom is 0.573 e.